The van der Waals surface area contributed by atoms with Crippen LogP contribution in [0.5, 0.6) is 0 Å². The third-order valence-corrected chi connectivity index (χ3v) is 12.6. The minimum atomic E-state index is 0.370. The first kappa shape index (κ1) is 18.8. The first-order valence-electron chi connectivity index (χ1n) is 12.0. The Kier molecular flexibility index (Phi) is 6.53. The van der Waals surface area contributed by atoms with E-state index in [1.165, 1.54) is 0 Å². The molecule has 0 aromatic heterocycles. The van der Waals surface area contributed by atoms with Gasteiger partial charge in [0, 0.05) is 0 Å². The van der Waals surface area contributed by atoms with Crippen LogP contribution in [0.25, 0.3) is 0 Å². The lowest BCUT2D eigenvalue weighted by Gasteiger charge is -2.47. The minimum Gasteiger partial charge on any atom is -0.103 e. The van der Waals surface area contributed by atoms with E-state index in [9.17, 15) is 0 Å². The first-order valence-corrected chi connectivity index (χ1v) is 13.7. The molecule has 0 radical (unpaired) electrons. The lowest BCUT2D eigenvalue weighted by molar-refractivity contribution is 0.226. The van der Waals surface area contributed by atoms with E-state index in [2.05, 4.69) is 13.8 Å². The van der Waals surface area contributed by atoms with Gasteiger partial charge in [-0.15, -0.1) is 7.92 Å². The van der Waals surface area contributed by atoms with Crippen LogP contribution in [0.2, 0.25) is 18.0 Å². The van der Waals surface area contributed by atoms with E-state index in [1.54, 1.807) is 95.7 Å². The van der Waals surface area contributed by atoms with Crippen molar-refractivity contribution in [1.82, 2.24) is 0 Å². The summed E-state index contributed by atoms with van der Waals surface area (Å²) >= 11 is 0. The Bertz CT molecular complexity index is 402. The van der Waals surface area contributed by atoms with E-state index < -0.39 is 0 Å². The van der Waals surface area contributed by atoms with Crippen molar-refractivity contribution in [2.45, 2.75) is 115 Å². The van der Waals surface area contributed by atoms with Crippen LogP contribution in [-0.4, -0.2) is 24.7 Å². The number of unbranched alkanes of at least 4 members (excludes halogenated alkanes) is 2. The van der Waals surface area contributed by atoms with E-state index in [4.69, 9.17) is 0 Å². The molecule has 0 aromatic rings. The second-order valence-electron chi connectivity index (χ2n) is 10.5. The van der Waals surface area contributed by atoms with Crippen LogP contribution in [-0.2, 0) is 0 Å². The van der Waals surface area contributed by atoms with Crippen LogP contribution in [0.15, 0.2) is 0 Å². The summed E-state index contributed by atoms with van der Waals surface area (Å²) in [5.74, 6) is 5.48. The molecule has 3 heterocycles. The monoisotopic (exact) mass is 360 g/mol. The van der Waals surface area contributed by atoms with Gasteiger partial charge in [-0.2, -0.15) is 0 Å². The molecule has 0 spiro atoms. The SMILES string of the molecule is CC1CP(CCCCCB2C3CCCC2CCC3)C2CC1CC[C@@H]2C. The van der Waals surface area contributed by atoms with Crippen molar-refractivity contribution in [2.75, 3.05) is 12.3 Å². The molecule has 4 unspecified atom stereocenters. The maximum Gasteiger partial charge on any atom is 0.146 e. The van der Waals surface area contributed by atoms with Crippen LogP contribution >= 0.6 is 7.92 Å². The van der Waals surface area contributed by atoms with Crippen molar-refractivity contribution in [2.24, 2.45) is 17.8 Å². The Hall–Kier alpha value is 0.495. The van der Waals surface area contributed by atoms with Crippen LogP contribution < -0.4 is 0 Å². The van der Waals surface area contributed by atoms with Gasteiger partial charge in [-0.3, -0.25) is 0 Å². The van der Waals surface area contributed by atoms with Gasteiger partial charge in [-0.1, -0.05) is 83.2 Å². The van der Waals surface area contributed by atoms with Gasteiger partial charge in [-0.25, -0.2) is 0 Å². The minimum absolute atomic E-state index is 0.370. The fourth-order valence-electron chi connectivity index (χ4n) is 7.42. The van der Waals surface area contributed by atoms with Crippen LogP contribution in [0.3, 0.4) is 0 Å². The molecule has 0 amide bonds. The third kappa shape index (κ3) is 4.33. The molecule has 4 aliphatic rings. The van der Waals surface area contributed by atoms with Gasteiger partial charge in [-0.05, 0) is 61.4 Å². The molecule has 142 valence electrons. The molecule has 3 saturated heterocycles. The van der Waals surface area contributed by atoms with Crippen molar-refractivity contribution in [3.8, 4) is 0 Å². The van der Waals surface area contributed by atoms with Crippen molar-refractivity contribution >= 4 is 14.6 Å². The van der Waals surface area contributed by atoms with Crippen molar-refractivity contribution in [3.63, 3.8) is 0 Å². The normalized spacial score (nSPS) is 43.9. The second-order valence-corrected chi connectivity index (χ2v) is 13.1. The zero-order valence-corrected chi connectivity index (χ0v) is 18.0. The average Bonchev–Trinajstić information content (AvgIpc) is 2.60. The number of fused-ring (bicyclic) bond motifs is 4. The molecule has 0 aromatic carbocycles. The van der Waals surface area contributed by atoms with Gasteiger partial charge >= 0.3 is 0 Å². The van der Waals surface area contributed by atoms with Crippen molar-refractivity contribution < 1.29 is 0 Å². The molecular formula is C23H42BP. The molecule has 4 rings (SSSR count). The Morgan fingerprint density at radius 2 is 1.52 bits per heavy atom. The summed E-state index contributed by atoms with van der Waals surface area (Å²) in [6, 6.07) is 0. The van der Waals surface area contributed by atoms with E-state index in [-0.39, 0.29) is 0 Å². The highest BCUT2D eigenvalue weighted by atomic mass is 31.1. The molecule has 0 nitrogen and oxygen atoms in total. The first-order chi connectivity index (χ1) is 12.2. The highest BCUT2D eigenvalue weighted by Gasteiger charge is 2.40. The quantitative estimate of drug-likeness (QED) is 0.259. The molecule has 1 saturated carbocycles. The van der Waals surface area contributed by atoms with Crippen LogP contribution in [0, 0.1) is 17.8 Å². The molecule has 2 heteroatoms. The molecular weight excluding hydrogens is 318 g/mol. The summed E-state index contributed by atoms with van der Waals surface area (Å²) in [5, 5.41) is 0. The maximum absolute atomic E-state index is 2.58. The van der Waals surface area contributed by atoms with Crippen LogP contribution in [0.4, 0.5) is 0 Å². The maximum atomic E-state index is 2.58. The largest absolute Gasteiger partial charge is 0.146 e. The van der Waals surface area contributed by atoms with Gasteiger partial charge in [0.15, 0.2) is 0 Å². The number of hydrogen-bond acceptors (Lipinski definition) is 0. The predicted molar refractivity (Wildman–Crippen MR) is 116 cm³/mol. The van der Waals surface area contributed by atoms with Gasteiger partial charge in [0.1, 0.15) is 6.71 Å². The third-order valence-electron chi connectivity index (χ3n) is 8.98. The molecule has 0 N–H and O–H groups in total. The highest BCUT2D eigenvalue weighted by Crippen LogP contribution is 2.58. The second kappa shape index (κ2) is 8.67. The van der Waals surface area contributed by atoms with E-state index >= 15 is 0 Å². The Balaban J connectivity index is 1.18. The number of rotatable bonds is 6. The van der Waals surface area contributed by atoms with Gasteiger partial charge < -0.3 is 0 Å². The Morgan fingerprint density at radius 3 is 2.24 bits per heavy atom. The van der Waals surface area contributed by atoms with E-state index in [0.29, 0.717) is 7.92 Å². The van der Waals surface area contributed by atoms with E-state index in [0.717, 1.165) is 41.8 Å². The van der Waals surface area contributed by atoms with E-state index in [1.807, 2.05) is 0 Å². The summed E-state index contributed by atoms with van der Waals surface area (Å²) < 4.78 is 0. The zero-order chi connectivity index (χ0) is 17.2. The molecule has 4 fully saturated rings. The topological polar surface area (TPSA) is 0 Å². The molecule has 5 atom stereocenters. The highest BCUT2D eigenvalue weighted by molar-refractivity contribution is 7.58. The average molecular weight is 360 g/mol. The molecule has 3 aliphatic heterocycles. The zero-order valence-electron chi connectivity index (χ0n) is 17.1. The standard InChI is InChI=1S/C23H42BP/c1-18-12-13-20-16-23(18)25(17-19(20)2)15-5-3-4-14-24-21-8-6-9-22(24)11-7-10-21/h18-23H,3-17H2,1-2H3/t18-,19?,20?,21?,22?,23?,25?/m0/s1. The van der Waals surface area contributed by atoms with Crippen LogP contribution in [0.1, 0.15) is 90.9 Å². The number of hydrogen-bond donors (Lipinski definition) is 0. The lowest BCUT2D eigenvalue weighted by atomic mass is 9.26. The molecule has 1 aliphatic carbocycles. The fraction of sp³-hybridized carbons (Fsp3) is 1.00. The van der Waals surface area contributed by atoms with Crippen molar-refractivity contribution in [1.29, 1.82) is 0 Å². The summed E-state index contributed by atoms with van der Waals surface area (Å²) in [4.78, 5) is 0. The summed E-state index contributed by atoms with van der Waals surface area (Å²) in [5.41, 5.74) is 1.16. The van der Waals surface area contributed by atoms with Gasteiger partial charge in [0.05, 0.1) is 0 Å². The Labute approximate surface area is 159 Å². The molecule has 4 bridgehead atoms. The summed E-state index contributed by atoms with van der Waals surface area (Å²) in [6.45, 7) is 6.30. The summed E-state index contributed by atoms with van der Waals surface area (Å²) in [7, 11) is 0.370. The smallest absolute Gasteiger partial charge is 0.103 e. The fourth-order valence-corrected chi connectivity index (χ4v) is 11.3. The van der Waals surface area contributed by atoms with Gasteiger partial charge in [0.25, 0.3) is 0 Å². The predicted octanol–water partition coefficient (Wildman–Crippen LogP) is 7.70. The lowest BCUT2D eigenvalue weighted by Crippen LogP contribution is -2.37. The van der Waals surface area contributed by atoms with Gasteiger partial charge in [0.2, 0.25) is 0 Å². The Morgan fingerprint density at radius 1 is 0.800 bits per heavy atom. The van der Waals surface area contributed by atoms with Crippen molar-refractivity contribution in [3.05, 3.63) is 0 Å². The summed E-state index contributed by atoms with van der Waals surface area (Å²) in [6.07, 6.45) is 23.6. The molecule has 25 heavy (non-hydrogen) atoms.